The molecule has 0 aliphatic heterocycles. The minimum absolute atomic E-state index is 0.0667. The molecule has 3 aromatic rings. The summed E-state index contributed by atoms with van der Waals surface area (Å²) in [5.41, 5.74) is 2.36. The Bertz CT molecular complexity index is 1100. The van der Waals surface area contributed by atoms with E-state index in [4.69, 9.17) is 0 Å². The minimum atomic E-state index is -0.500. The lowest BCUT2D eigenvalue weighted by atomic mass is 10.1. The van der Waals surface area contributed by atoms with E-state index in [-0.39, 0.29) is 23.7 Å². The number of H-pyrrole nitrogens is 1. The molecule has 0 aliphatic rings. The zero-order chi connectivity index (χ0) is 21.0. The van der Waals surface area contributed by atoms with Gasteiger partial charge in [0.15, 0.2) is 0 Å². The minimum Gasteiger partial charge on any atom is -0.334 e. The van der Waals surface area contributed by atoms with Crippen LogP contribution in [0.1, 0.15) is 41.3 Å². The Labute approximate surface area is 168 Å². The van der Waals surface area contributed by atoms with Crippen LogP contribution in [0.4, 0.5) is 5.69 Å². The molecular weight excluding hydrogens is 370 g/mol. The molecule has 0 saturated carbocycles. The molecule has 0 unspecified atom stereocenters. The third kappa shape index (κ3) is 4.51. The molecule has 1 aromatic heterocycles. The molecular formula is C22H23N3O4. The average Bonchev–Trinajstić information content (AvgIpc) is 2.71. The summed E-state index contributed by atoms with van der Waals surface area (Å²) >= 11 is 0. The molecule has 7 nitrogen and oxygen atoms in total. The fourth-order valence-corrected chi connectivity index (χ4v) is 3.26. The lowest BCUT2D eigenvalue weighted by Crippen LogP contribution is -2.33. The van der Waals surface area contributed by atoms with Gasteiger partial charge in [0, 0.05) is 29.8 Å². The summed E-state index contributed by atoms with van der Waals surface area (Å²) in [6, 6.07) is 13.1. The van der Waals surface area contributed by atoms with E-state index < -0.39 is 4.92 Å². The van der Waals surface area contributed by atoms with Gasteiger partial charge in [0.25, 0.3) is 17.2 Å². The van der Waals surface area contributed by atoms with Crippen LogP contribution >= 0.6 is 0 Å². The number of amides is 1. The van der Waals surface area contributed by atoms with Gasteiger partial charge in [0.05, 0.1) is 17.0 Å². The van der Waals surface area contributed by atoms with E-state index in [1.165, 1.54) is 24.3 Å². The second kappa shape index (κ2) is 8.68. The predicted molar refractivity (Wildman–Crippen MR) is 112 cm³/mol. The van der Waals surface area contributed by atoms with Gasteiger partial charge in [-0.15, -0.1) is 0 Å². The Morgan fingerprint density at radius 2 is 1.90 bits per heavy atom. The maximum atomic E-state index is 13.0. The van der Waals surface area contributed by atoms with Crippen LogP contribution in [-0.2, 0) is 6.54 Å². The average molecular weight is 393 g/mol. The largest absolute Gasteiger partial charge is 0.334 e. The number of aromatic amines is 1. The summed E-state index contributed by atoms with van der Waals surface area (Å²) in [4.78, 5) is 40.5. The molecule has 0 saturated heterocycles. The molecule has 2 aromatic carbocycles. The lowest BCUT2D eigenvalue weighted by molar-refractivity contribution is -0.384. The topological polar surface area (TPSA) is 96.3 Å². The fraction of sp³-hybridized carbons (Fsp3) is 0.273. The summed E-state index contributed by atoms with van der Waals surface area (Å²) < 4.78 is 0. The number of benzene rings is 2. The number of nitro benzene ring substituents is 1. The Hall–Kier alpha value is -3.48. The molecule has 0 bridgehead atoms. The number of aromatic nitrogens is 1. The van der Waals surface area contributed by atoms with Crippen molar-refractivity contribution in [3.8, 4) is 0 Å². The molecule has 1 N–H and O–H groups in total. The zero-order valence-corrected chi connectivity index (χ0v) is 16.5. The first-order valence-corrected chi connectivity index (χ1v) is 9.56. The first-order valence-electron chi connectivity index (χ1n) is 9.56. The van der Waals surface area contributed by atoms with Gasteiger partial charge in [-0.3, -0.25) is 19.7 Å². The second-order valence-electron chi connectivity index (χ2n) is 7.05. The standard InChI is InChI=1S/C22H23N3O4/c1-3-4-12-24(22(27)16-8-10-19(11-9-16)25(28)29)14-18-13-17-7-5-6-15(2)20(17)23-21(18)26/h5-11,13H,3-4,12,14H2,1-2H3,(H,23,26). The number of hydrogen-bond acceptors (Lipinski definition) is 4. The molecule has 7 heteroatoms. The lowest BCUT2D eigenvalue weighted by Gasteiger charge is -2.22. The van der Waals surface area contributed by atoms with E-state index in [0.717, 1.165) is 29.3 Å². The Morgan fingerprint density at radius 1 is 1.17 bits per heavy atom. The van der Waals surface area contributed by atoms with E-state index in [2.05, 4.69) is 4.98 Å². The van der Waals surface area contributed by atoms with Crippen LogP contribution in [-0.4, -0.2) is 27.3 Å². The Balaban J connectivity index is 1.92. The van der Waals surface area contributed by atoms with Gasteiger partial charge < -0.3 is 9.88 Å². The quantitative estimate of drug-likeness (QED) is 0.481. The van der Waals surface area contributed by atoms with Crippen molar-refractivity contribution in [2.24, 2.45) is 0 Å². The Kier molecular flexibility index (Phi) is 6.07. The normalized spacial score (nSPS) is 10.8. The number of carbonyl (C=O) groups is 1. The van der Waals surface area contributed by atoms with Crippen molar-refractivity contribution in [2.45, 2.75) is 33.2 Å². The number of non-ortho nitro benzene ring substituents is 1. The Morgan fingerprint density at radius 3 is 2.55 bits per heavy atom. The monoisotopic (exact) mass is 393 g/mol. The maximum absolute atomic E-state index is 13.0. The number of fused-ring (bicyclic) bond motifs is 1. The van der Waals surface area contributed by atoms with E-state index in [1.54, 1.807) is 4.90 Å². The highest BCUT2D eigenvalue weighted by atomic mass is 16.6. The summed E-state index contributed by atoms with van der Waals surface area (Å²) in [5.74, 6) is -0.253. The van der Waals surface area contributed by atoms with Crippen LogP contribution in [0.25, 0.3) is 10.9 Å². The molecule has 3 rings (SSSR count). The third-order valence-electron chi connectivity index (χ3n) is 4.92. The first kappa shape index (κ1) is 20.3. The van der Waals surface area contributed by atoms with Gasteiger partial charge in [0.1, 0.15) is 0 Å². The number of para-hydroxylation sites is 1. The van der Waals surface area contributed by atoms with Crippen molar-refractivity contribution >= 4 is 22.5 Å². The van der Waals surface area contributed by atoms with Gasteiger partial charge in [-0.05, 0) is 42.5 Å². The predicted octanol–water partition coefficient (Wildman–Crippen LogP) is 4.19. The molecule has 0 fully saturated rings. The molecule has 0 spiro atoms. The first-order chi connectivity index (χ1) is 13.9. The molecule has 0 aliphatic carbocycles. The van der Waals surface area contributed by atoms with Crippen molar-refractivity contribution in [1.29, 1.82) is 0 Å². The van der Waals surface area contributed by atoms with Crippen LogP contribution in [0.3, 0.4) is 0 Å². The van der Waals surface area contributed by atoms with Crippen LogP contribution in [0.2, 0.25) is 0 Å². The summed E-state index contributed by atoms with van der Waals surface area (Å²) in [7, 11) is 0. The smallest absolute Gasteiger partial charge is 0.269 e. The second-order valence-corrected chi connectivity index (χ2v) is 7.05. The number of aryl methyl sites for hydroxylation is 1. The highest BCUT2D eigenvalue weighted by Gasteiger charge is 2.19. The highest BCUT2D eigenvalue weighted by molar-refractivity contribution is 5.94. The molecule has 29 heavy (non-hydrogen) atoms. The van der Waals surface area contributed by atoms with Crippen LogP contribution < -0.4 is 5.56 Å². The number of pyridine rings is 1. The fourth-order valence-electron chi connectivity index (χ4n) is 3.26. The summed E-state index contributed by atoms with van der Waals surface area (Å²) in [6.07, 6.45) is 1.70. The zero-order valence-electron chi connectivity index (χ0n) is 16.5. The van der Waals surface area contributed by atoms with Gasteiger partial charge in [-0.2, -0.15) is 0 Å². The SMILES string of the molecule is CCCCN(Cc1cc2cccc(C)c2[nH]c1=O)C(=O)c1ccc([N+](=O)[O-])cc1. The van der Waals surface area contributed by atoms with Gasteiger partial charge in [-0.1, -0.05) is 31.5 Å². The van der Waals surface area contributed by atoms with E-state index in [9.17, 15) is 19.7 Å². The molecule has 150 valence electrons. The van der Waals surface area contributed by atoms with Crippen LogP contribution in [0, 0.1) is 17.0 Å². The van der Waals surface area contributed by atoms with Crippen molar-refractivity contribution in [3.63, 3.8) is 0 Å². The summed E-state index contributed by atoms with van der Waals surface area (Å²) in [5, 5.41) is 11.8. The number of hydrogen-bond donors (Lipinski definition) is 1. The number of nitrogens with zero attached hydrogens (tertiary/aromatic N) is 2. The van der Waals surface area contributed by atoms with Crippen molar-refractivity contribution in [3.05, 3.63) is 85.7 Å². The number of nitrogens with one attached hydrogen (secondary N) is 1. The number of unbranched alkanes of at least 4 members (excludes halogenated alkanes) is 1. The van der Waals surface area contributed by atoms with E-state index in [0.29, 0.717) is 17.7 Å². The number of nitro groups is 1. The molecule has 0 radical (unpaired) electrons. The van der Waals surface area contributed by atoms with Crippen molar-refractivity contribution in [2.75, 3.05) is 6.54 Å². The van der Waals surface area contributed by atoms with Crippen molar-refractivity contribution < 1.29 is 9.72 Å². The number of carbonyl (C=O) groups excluding carboxylic acids is 1. The van der Waals surface area contributed by atoms with Crippen LogP contribution in [0.15, 0.2) is 53.3 Å². The molecule has 1 heterocycles. The van der Waals surface area contributed by atoms with E-state index >= 15 is 0 Å². The van der Waals surface area contributed by atoms with Gasteiger partial charge in [-0.25, -0.2) is 0 Å². The van der Waals surface area contributed by atoms with Gasteiger partial charge >= 0.3 is 0 Å². The van der Waals surface area contributed by atoms with Crippen molar-refractivity contribution in [1.82, 2.24) is 9.88 Å². The molecule has 1 amide bonds. The molecule has 0 atom stereocenters. The highest BCUT2D eigenvalue weighted by Crippen LogP contribution is 2.18. The van der Waals surface area contributed by atoms with E-state index in [1.807, 2.05) is 38.1 Å². The third-order valence-corrected chi connectivity index (χ3v) is 4.92. The summed E-state index contributed by atoms with van der Waals surface area (Å²) in [6.45, 7) is 4.64. The van der Waals surface area contributed by atoms with Crippen LogP contribution in [0.5, 0.6) is 0 Å². The van der Waals surface area contributed by atoms with Gasteiger partial charge in [0.2, 0.25) is 0 Å². The number of rotatable bonds is 7. The maximum Gasteiger partial charge on any atom is 0.269 e.